The van der Waals surface area contributed by atoms with Crippen molar-refractivity contribution in [3.8, 4) is 0 Å². The van der Waals surface area contributed by atoms with Gasteiger partial charge in [0.2, 0.25) is 0 Å². The number of ether oxygens (including phenoxy) is 9. The number of hydrogen-bond donors (Lipinski definition) is 0. The van der Waals surface area contributed by atoms with Gasteiger partial charge in [-0.2, -0.15) is 0 Å². The predicted octanol–water partition coefficient (Wildman–Crippen LogP) is 9.36. The Balaban J connectivity index is 1.07. The maximum Gasteiger partial charge on any atom is 0.303 e. The number of carbonyl (C=O) groups excluding carboxylic acids is 3. The monoisotopic (exact) mass is 1010 g/mol. The van der Waals surface area contributed by atoms with Crippen LogP contribution in [-0.4, -0.2) is 102 Å². The number of amides is 2. The van der Waals surface area contributed by atoms with Crippen LogP contribution in [0.25, 0.3) is 0 Å². The molecule has 6 aromatic rings. The lowest BCUT2D eigenvalue weighted by Gasteiger charge is -2.49. The number of carbonyl (C=O) groups is 3. The van der Waals surface area contributed by atoms with E-state index in [1.54, 1.807) is 24.3 Å². The number of fused-ring (bicyclic) bond motifs is 1. The molecule has 380 valence electrons. The molecule has 0 aromatic heterocycles. The first kappa shape index (κ1) is 51.8. The summed E-state index contributed by atoms with van der Waals surface area (Å²) in [7, 11) is 0. The Hall–Kier alpha value is -6.04. The van der Waals surface area contributed by atoms with Crippen molar-refractivity contribution in [3.05, 3.63) is 215 Å². The molecular formula is C59H61NO12S. The lowest BCUT2D eigenvalue weighted by atomic mass is 9.95. The second kappa shape index (κ2) is 25.8. The van der Waals surface area contributed by atoms with Gasteiger partial charge >= 0.3 is 5.97 Å². The topological polar surface area (TPSA) is 138 Å². The van der Waals surface area contributed by atoms with Crippen LogP contribution in [0.5, 0.6) is 0 Å². The zero-order valence-electron chi connectivity index (χ0n) is 40.9. The highest BCUT2D eigenvalue weighted by Crippen LogP contribution is 2.40. The molecule has 3 aliphatic heterocycles. The number of hydrogen-bond acceptors (Lipinski definition) is 13. The summed E-state index contributed by atoms with van der Waals surface area (Å²) in [5.74, 6) is -1.10. The molecule has 2 amide bonds. The number of imide groups is 1. The summed E-state index contributed by atoms with van der Waals surface area (Å²) in [5, 5.41) is 0. The molecule has 0 saturated carbocycles. The standard InChI is InChI=1S/C59H61NO12S/c1-3-73-59-50(60-56(62)46-31-19-20-32-47(46)57(60)63)53(70-40(2)61)51(65-34-42-23-11-5-12-24-42)49(72-59)39-69-58-55(68-37-45-29-17-8-18-30-45)54(67-36-44-27-15-7-16-28-44)52(66-35-43-25-13-6-14-26-43)48(71-58)38-64-33-41-21-9-4-10-22-41/h4-32,48-55,58-59H,3,33-39H2,1-2H3/t48-,49-,50-,51-,52-,53-,54+,55-,58+,59+/m1/s1. The van der Waals surface area contributed by atoms with Crippen molar-refractivity contribution in [3.63, 3.8) is 0 Å². The molecule has 0 unspecified atom stereocenters. The van der Waals surface area contributed by atoms with Crippen LogP contribution >= 0.6 is 11.8 Å². The third kappa shape index (κ3) is 13.2. The third-order valence-electron chi connectivity index (χ3n) is 12.9. The van der Waals surface area contributed by atoms with Crippen molar-refractivity contribution in [1.82, 2.24) is 4.90 Å². The van der Waals surface area contributed by atoms with Crippen LogP contribution < -0.4 is 0 Å². The number of thioether (sulfide) groups is 1. The van der Waals surface area contributed by atoms with Crippen molar-refractivity contribution in [2.45, 2.75) is 107 Å². The first-order valence-electron chi connectivity index (χ1n) is 24.8. The van der Waals surface area contributed by atoms with Gasteiger partial charge in [-0.3, -0.25) is 19.3 Å². The molecule has 0 bridgehead atoms. The summed E-state index contributed by atoms with van der Waals surface area (Å²) in [5.41, 5.74) is 4.32. The molecule has 0 spiro atoms. The first-order valence-corrected chi connectivity index (χ1v) is 25.8. The van der Waals surface area contributed by atoms with Crippen LogP contribution in [0.15, 0.2) is 176 Å². The number of esters is 1. The van der Waals surface area contributed by atoms with Gasteiger partial charge in [0.05, 0.1) is 57.4 Å². The van der Waals surface area contributed by atoms with E-state index in [9.17, 15) is 14.4 Å². The van der Waals surface area contributed by atoms with E-state index in [4.69, 9.17) is 42.6 Å². The average Bonchev–Trinajstić information content (AvgIpc) is 3.67. The minimum Gasteiger partial charge on any atom is -0.457 e. The van der Waals surface area contributed by atoms with Crippen molar-refractivity contribution in [1.29, 1.82) is 0 Å². The number of rotatable bonds is 23. The van der Waals surface area contributed by atoms with Crippen molar-refractivity contribution < 1.29 is 57.0 Å². The van der Waals surface area contributed by atoms with Gasteiger partial charge < -0.3 is 42.6 Å². The molecular weight excluding hydrogens is 947 g/mol. The van der Waals surface area contributed by atoms with Crippen molar-refractivity contribution in [2.24, 2.45) is 0 Å². The highest BCUT2D eigenvalue weighted by atomic mass is 32.2. The summed E-state index contributed by atoms with van der Waals surface area (Å²) in [4.78, 5) is 43.0. The minimum atomic E-state index is -1.18. The smallest absolute Gasteiger partial charge is 0.303 e. The molecule has 0 N–H and O–H groups in total. The van der Waals surface area contributed by atoms with Gasteiger partial charge in [-0.05, 0) is 45.7 Å². The molecule has 3 aliphatic rings. The third-order valence-corrected chi connectivity index (χ3v) is 14.0. The maximum absolute atomic E-state index is 14.3. The van der Waals surface area contributed by atoms with E-state index in [0.717, 1.165) is 27.8 Å². The molecule has 3 heterocycles. The molecule has 0 radical (unpaired) electrons. The lowest BCUT2D eigenvalue weighted by molar-refractivity contribution is -0.335. The van der Waals surface area contributed by atoms with E-state index in [1.165, 1.54) is 23.6 Å². The number of nitrogens with zero attached hydrogens (tertiary/aromatic N) is 1. The van der Waals surface area contributed by atoms with E-state index in [-0.39, 0.29) is 50.8 Å². The van der Waals surface area contributed by atoms with Gasteiger partial charge in [0, 0.05) is 6.92 Å². The lowest BCUT2D eigenvalue weighted by Crippen LogP contribution is -2.66. The van der Waals surface area contributed by atoms with Gasteiger partial charge in [0.15, 0.2) is 12.4 Å². The Bertz CT molecular complexity index is 2630. The Labute approximate surface area is 430 Å². The largest absolute Gasteiger partial charge is 0.457 e. The SMILES string of the molecule is CCS[C@@H]1O[C@H](CO[C@H]2O[C@H](COCc3ccccc3)[C@@H](OCc3ccccc3)[C@H](OCc3ccccc3)[C@H]2OCc2ccccc2)[C@@H](OCc2ccccc2)[C@H](OC(C)=O)[C@H]1N1C(=O)c2ccccc2C1=O. The molecule has 13 nitrogen and oxygen atoms in total. The van der Waals surface area contributed by atoms with Crippen LogP contribution in [0.4, 0.5) is 0 Å². The quantitative estimate of drug-likeness (QED) is 0.0446. The van der Waals surface area contributed by atoms with Crippen LogP contribution in [0.2, 0.25) is 0 Å². The molecule has 14 heteroatoms. The fourth-order valence-electron chi connectivity index (χ4n) is 9.44. The summed E-state index contributed by atoms with van der Waals surface area (Å²) in [6.45, 7) is 4.27. The van der Waals surface area contributed by atoms with E-state index in [0.29, 0.717) is 12.4 Å². The summed E-state index contributed by atoms with van der Waals surface area (Å²) >= 11 is 1.39. The minimum absolute atomic E-state index is 0.0863. The molecule has 9 rings (SSSR count). The van der Waals surface area contributed by atoms with Crippen molar-refractivity contribution >= 4 is 29.5 Å². The Morgan fingerprint density at radius 2 is 0.877 bits per heavy atom. The first-order chi connectivity index (χ1) is 35.8. The maximum atomic E-state index is 14.3. The van der Waals surface area contributed by atoms with E-state index in [1.807, 2.05) is 159 Å². The fraction of sp³-hybridized carbons (Fsp3) is 0.339. The predicted molar refractivity (Wildman–Crippen MR) is 274 cm³/mol. The van der Waals surface area contributed by atoms with Crippen LogP contribution in [0.3, 0.4) is 0 Å². The molecule has 6 aromatic carbocycles. The van der Waals surface area contributed by atoms with E-state index in [2.05, 4.69) is 0 Å². The fourth-order valence-corrected chi connectivity index (χ4v) is 10.5. The molecule has 2 saturated heterocycles. The van der Waals surface area contributed by atoms with Gasteiger partial charge in [0.1, 0.15) is 48.1 Å². The second-order valence-electron chi connectivity index (χ2n) is 18.0. The molecule has 73 heavy (non-hydrogen) atoms. The van der Waals surface area contributed by atoms with Gasteiger partial charge in [-0.25, -0.2) is 0 Å². The summed E-state index contributed by atoms with van der Waals surface area (Å²) in [6, 6.07) is 54.7. The second-order valence-corrected chi connectivity index (χ2v) is 19.4. The van der Waals surface area contributed by atoms with Gasteiger partial charge in [-0.1, -0.05) is 171 Å². The van der Waals surface area contributed by atoms with Crippen LogP contribution in [0.1, 0.15) is 62.4 Å². The summed E-state index contributed by atoms with van der Waals surface area (Å²) < 4.78 is 61.2. The zero-order valence-corrected chi connectivity index (χ0v) is 41.7. The Morgan fingerprint density at radius 1 is 0.479 bits per heavy atom. The Morgan fingerprint density at radius 3 is 1.33 bits per heavy atom. The van der Waals surface area contributed by atoms with Gasteiger partial charge in [0.25, 0.3) is 11.8 Å². The van der Waals surface area contributed by atoms with Crippen LogP contribution in [0, 0.1) is 0 Å². The van der Waals surface area contributed by atoms with Crippen molar-refractivity contribution in [2.75, 3.05) is 19.0 Å². The molecule has 2 fully saturated rings. The number of benzene rings is 6. The highest BCUT2D eigenvalue weighted by molar-refractivity contribution is 7.99. The van der Waals surface area contributed by atoms with Gasteiger partial charge in [-0.15, -0.1) is 11.8 Å². The normalized spacial score (nSPS) is 24.8. The molecule has 0 aliphatic carbocycles. The van der Waals surface area contributed by atoms with Crippen LogP contribution in [-0.2, 0) is 80.5 Å². The zero-order chi connectivity index (χ0) is 50.4. The highest BCUT2D eigenvalue weighted by Gasteiger charge is 2.57. The summed E-state index contributed by atoms with van der Waals surface area (Å²) in [6.07, 6.45) is -7.40. The molecule has 10 atom stereocenters. The average molecular weight is 1010 g/mol. The van der Waals surface area contributed by atoms with E-state index < -0.39 is 78.3 Å². The Kier molecular flexibility index (Phi) is 18.3. The van der Waals surface area contributed by atoms with E-state index >= 15 is 0 Å².